The summed E-state index contributed by atoms with van der Waals surface area (Å²) >= 11 is 0. The highest BCUT2D eigenvalue weighted by molar-refractivity contribution is 6.05. The van der Waals surface area contributed by atoms with Crippen LogP contribution < -0.4 is 16.0 Å². The number of carbonyl (C=O) groups excluding carboxylic acids is 3. The van der Waals surface area contributed by atoms with Gasteiger partial charge in [-0.15, -0.1) is 0 Å². The van der Waals surface area contributed by atoms with Crippen LogP contribution in [0.3, 0.4) is 0 Å². The zero-order valence-corrected chi connectivity index (χ0v) is 15.9. The van der Waals surface area contributed by atoms with Gasteiger partial charge in [-0.25, -0.2) is 0 Å². The Morgan fingerprint density at radius 1 is 1.14 bits per heavy atom. The maximum atomic E-state index is 12.9. The standard InChI is InChI=1S/C21H26N4O3/c26-18-4-3-17(19(27)24-18)25-11-14-2-1-13(9-16(14)20(25)28)10-23-21-7-5-15(6-8-21)22-12-21/h1-2,9,15,17,22-23H,3-8,10-12H2,(H,24,26,27). The summed E-state index contributed by atoms with van der Waals surface area (Å²) in [6.07, 6.45) is 5.56. The minimum atomic E-state index is -0.554. The number of nitrogens with one attached hydrogen (secondary N) is 3. The lowest BCUT2D eigenvalue weighted by Gasteiger charge is -2.48. The summed E-state index contributed by atoms with van der Waals surface area (Å²) in [5.41, 5.74) is 2.92. The molecule has 6 rings (SSSR count). The predicted molar refractivity (Wildman–Crippen MR) is 102 cm³/mol. The molecule has 3 amide bonds. The molecule has 4 aliphatic heterocycles. The zero-order chi connectivity index (χ0) is 19.3. The van der Waals surface area contributed by atoms with Gasteiger partial charge in [-0.05, 0) is 49.3 Å². The van der Waals surface area contributed by atoms with Crippen LogP contribution in [0.1, 0.15) is 60.0 Å². The van der Waals surface area contributed by atoms with E-state index >= 15 is 0 Å². The van der Waals surface area contributed by atoms with E-state index in [9.17, 15) is 14.4 Å². The van der Waals surface area contributed by atoms with Crippen LogP contribution in [0, 0.1) is 0 Å². The summed E-state index contributed by atoms with van der Waals surface area (Å²) in [4.78, 5) is 38.1. The van der Waals surface area contributed by atoms with Crippen molar-refractivity contribution in [3.05, 3.63) is 34.9 Å². The van der Waals surface area contributed by atoms with E-state index in [0.717, 1.165) is 24.2 Å². The number of hydrogen-bond acceptors (Lipinski definition) is 5. The van der Waals surface area contributed by atoms with Crippen molar-refractivity contribution in [2.75, 3.05) is 6.54 Å². The minimum absolute atomic E-state index is 0.107. The molecule has 2 bridgehead atoms. The molecule has 5 aliphatic rings. The average molecular weight is 382 g/mol. The van der Waals surface area contributed by atoms with E-state index in [1.54, 1.807) is 4.90 Å². The van der Waals surface area contributed by atoms with Crippen LogP contribution in [0.5, 0.6) is 0 Å². The van der Waals surface area contributed by atoms with Gasteiger partial charge in [0.15, 0.2) is 0 Å². The number of piperidine rings is 3. The Bertz CT molecular complexity index is 830. The summed E-state index contributed by atoms with van der Waals surface area (Å²) in [5, 5.41) is 9.70. The first kappa shape index (κ1) is 17.8. The fourth-order valence-corrected chi connectivity index (χ4v) is 5.13. The lowest BCUT2D eigenvalue weighted by Crippen LogP contribution is -2.62. The molecule has 1 aliphatic carbocycles. The molecule has 1 aromatic carbocycles. The monoisotopic (exact) mass is 382 g/mol. The molecule has 0 radical (unpaired) electrons. The second kappa shape index (κ2) is 6.67. The van der Waals surface area contributed by atoms with E-state index in [2.05, 4.69) is 22.0 Å². The minimum Gasteiger partial charge on any atom is -0.322 e. The third-order valence-corrected chi connectivity index (χ3v) is 6.93. The number of carbonyl (C=O) groups is 3. The molecular formula is C21H26N4O3. The highest BCUT2D eigenvalue weighted by Gasteiger charge is 2.41. The zero-order valence-electron chi connectivity index (χ0n) is 15.9. The van der Waals surface area contributed by atoms with Crippen LogP contribution in [0.2, 0.25) is 0 Å². The number of nitrogens with zero attached hydrogens (tertiary/aromatic N) is 1. The van der Waals surface area contributed by atoms with Crippen molar-refractivity contribution >= 4 is 17.7 Å². The van der Waals surface area contributed by atoms with Gasteiger partial charge in [-0.2, -0.15) is 0 Å². The van der Waals surface area contributed by atoms with Crippen molar-refractivity contribution in [3.63, 3.8) is 0 Å². The van der Waals surface area contributed by atoms with Crippen LogP contribution in [0.4, 0.5) is 0 Å². The van der Waals surface area contributed by atoms with Crippen molar-refractivity contribution in [2.24, 2.45) is 0 Å². The highest BCUT2D eigenvalue weighted by atomic mass is 16.2. The Hall–Kier alpha value is -2.25. The van der Waals surface area contributed by atoms with Crippen LogP contribution in [0.15, 0.2) is 18.2 Å². The van der Waals surface area contributed by atoms with Crippen molar-refractivity contribution < 1.29 is 14.4 Å². The van der Waals surface area contributed by atoms with E-state index < -0.39 is 6.04 Å². The molecule has 1 aromatic rings. The maximum absolute atomic E-state index is 12.9. The van der Waals surface area contributed by atoms with Gasteiger partial charge in [-0.3, -0.25) is 19.7 Å². The summed E-state index contributed by atoms with van der Waals surface area (Å²) in [7, 11) is 0. The summed E-state index contributed by atoms with van der Waals surface area (Å²) < 4.78 is 0. The quantitative estimate of drug-likeness (QED) is 0.671. The van der Waals surface area contributed by atoms with E-state index in [0.29, 0.717) is 24.6 Å². The molecule has 0 spiro atoms. The number of rotatable bonds is 4. The lowest BCUT2D eigenvalue weighted by atomic mass is 9.75. The van der Waals surface area contributed by atoms with Crippen molar-refractivity contribution in [1.29, 1.82) is 0 Å². The van der Waals surface area contributed by atoms with E-state index in [1.807, 2.05) is 12.1 Å². The molecule has 1 unspecified atom stereocenters. The Kier molecular flexibility index (Phi) is 4.25. The first-order chi connectivity index (χ1) is 13.5. The molecule has 0 aromatic heterocycles. The van der Waals surface area contributed by atoms with Gasteiger partial charge >= 0.3 is 0 Å². The van der Waals surface area contributed by atoms with E-state index in [4.69, 9.17) is 0 Å². The Morgan fingerprint density at radius 3 is 2.68 bits per heavy atom. The fourth-order valence-electron chi connectivity index (χ4n) is 5.13. The Morgan fingerprint density at radius 2 is 1.96 bits per heavy atom. The third-order valence-electron chi connectivity index (χ3n) is 6.93. The van der Waals surface area contributed by atoms with Crippen LogP contribution in [0.25, 0.3) is 0 Å². The molecule has 4 heterocycles. The lowest BCUT2D eigenvalue weighted by molar-refractivity contribution is -0.136. The number of imide groups is 1. The van der Waals surface area contributed by atoms with E-state index in [-0.39, 0.29) is 29.7 Å². The highest BCUT2D eigenvalue weighted by Crippen LogP contribution is 2.33. The van der Waals surface area contributed by atoms with Gasteiger partial charge in [0, 0.05) is 43.2 Å². The van der Waals surface area contributed by atoms with Crippen LogP contribution in [-0.2, 0) is 22.7 Å². The first-order valence-electron chi connectivity index (χ1n) is 10.3. The molecule has 28 heavy (non-hydrogen) atoms. The topological polar surface area (TPSA) is 90.5 Å². The second-order valence-corrected chi connectivity index (χ2v) is 8.68. The maximum Gasteiger partial charge on any atom is 0.255 e. The number of amides is 3. The van der Waals surface area contributed by atoms with Gasteiger partial charge in [0.25, 0.3) is 5.91 Å². The molecule has 4 fully saturated rings. The summed E-state index contributed by atoms with van der Waals surface area (Å²) in [5.74, 6) is -0.729. The molecule has 148 valence electrons. The molecule has 1 saturated carbocycles. The molecule has 7 heteroatoms. The van der Waals surface area contributed by atoms with Gasteiger partial charge < -0.3 is 15.5 Å². The second-order valence-electron chi connectivity index (χ2n) is 8.68. The number of benzene rings is 1. The van der Waals surface area contributed by atoms with Crippen molar-refractivity contribution in [2.45, 2.75) is 69.2 Å². The van der Waals surface area contributed by atoms with Gasteiger partial charge in [0.05, 0.1) is 0 Å². The molecule has 3 saturated heterocycles. The van der Waals surface area contributed by atoms with Gasteiger partial charge in [0.1, 0.15) is 6.04 Å². The Balaban J connectivity index is 1.28. The molecule has 1 atom stereocenters. The SMILES string of the molecule is O=C1CCC(N2Cc3ccc(CNC45CCC(CC4)NC5)cc3C2=O)C(=O)N1. The Labute approximate surface area is 164 Å². The van der Waals surface area contributed by atoms with Crippen molar-refractivity contribution in [3.8, 4) is 0 Å². The fraction of sp³-hybridized carbons (Fsp3) is 0.571. The molecule has 3 N–H and O–H groups in total. The smallest absolute Gasteiger partial charge is 0.255 e. The van der Waals surface area contributed by atoms with Crippen LogP contribution in [-0.4, -0.2) is 46.8 Å². The largest absolute Gasteiger partial charge is 0.322 e. The predicted octanol–water partition coefficient (Wildman–Crippen LogP) is 0.822. The van der Waals surface area contributed by atoms with E-state index in [1.165, 1.54) is 25.7 Å². The third kappa shape index (κ3) is 3.02. The van der Waals surface area contributed by atoms with Gasteiger partial charge in [0.2, 0.25) is 11.8 Å². The number of hydrogen-bond donors (Lipinski definition) is 3. The molecule has 7 nitrogen and oxygen atoms in total. The van der Waals surface area contributed by atoms with Crippen molar-refractivity contribution in [1.82, 2.24) is 20.9 Å². The average Bonchev–Trinajstić information content (AvgIpc) is 3.04. The summed E-state index contributed by atoms with van der Waals surface area (Å²) in [6, 6.07) is 6.19. The van der Waals surface area contributed by atoms with Crippen LogP contribution >= 0.6 is 0 Å². The first-order valence-corrected chi connectivity index (χ1v) is 10.3. The summed E-state index contributed by atoms with van der Waals surface area (Å²) in [6.45, 7) is 2.19. The molecular weight excluding hydrogens is 356 g/mol. The van der Waals surface area contributed by atoms with Gasteiger partial charge in [-0.1, -0.05) is 12.1 Å². The normalized spacial score (nSPS) is 31.9. The number of fused-ring (bicyclic) bond motifs is 4.